The molecule has 0 spiro atoms. The number of hydrogen-bond donors (Lipinski definition) is 0. The Hall–Kier alpha value is -10.6. The van der Waals surface area contributed by atoms with Crippen LogP contribution in [0.1, 0.15) is 65.2 Å². The third-order valence-corrected chi connectivity index (χ3v) is 17.2. The van der Waals surface area contributed by atoms with E-state index in [9.17, 15) is 51.8 Å². The average molecular weight is 1430 g/mol. The zero-order chi connectivity index (χ0) is 74.1. The Morgan fingerprint density at radius 2 is 0.892 bits per heavy atom. The fourth-order valence-electron chi connectivity index (χ4n) is 11.8. The molecule has 0 radical (unpaired) electrons. The number of imide groups is 2. The third-order valence-electron chi connectivity index (χ3n) is 17.2. The van der Waals surface area contributed by atoms with Crippen LogP contribution in [0.25, 0.3) is 66.8 Å². The van der Waals surface area contributed by atoms with Gasteiger partial charge in [-0.25, -0.2) is 18.7 Å². The van der Waals surface area contributed by atoms with Crippen molar-refractivity contribution in [2.75, 3.05) is 154 Å². The number of carbonyl (C=O) groups excluding carboxylic acids is 7. The maximum Gasteiger partial charge on any atom is 0.493 e. The highest BCUT2D eigenvalue weighted by Gasteiger charge is 2.46. The molecule has 2 saturated heterocycles. The number of aliphatic carboxylic acids is 1. The second kappa shape index (κ2) is 33.7. The minimum atomic E-state index is -5.22. The van der Waals surface area contributed by atoms with Crippen LogP contribution in [0.4, 0.5) is 47.3 Å². The summed E-state index contributed by atoms with van der Waals surface area (Å²) in [5.74, 6) is -4.07. The van der Waals surface area contributed by atoms with Gasteiger partial charge in [-0.15, -0.1) is 10.1 Å². The lowest BCUT2D eigenvalue weighted by atomic mass is 9.92. The summed E-state index contributed by atoms with van der Waals surface area (Å²) >= 11 is 0. The lowest BCUT2D eigenvalue weighted by molar-refractivity contribution is -0.305. The zero-order valence-electron chi connectivity index (χ0n) is 60.4. The minimum Gasteiger partial charge on any atom is -1.00 e. The number of halogens is 4. The summed E-state index contributed by atoms with van der Waals surface area (Å²) in [6.07, 6.45) is -4.51. The molecule has 546 valence electrons. The third kappa shape index (κ3) is 17.9. The summed E-state index contributed by atoms with van der Waals surface area (Å²) < 4.78 is 64.2. The summed E-state index contributed by atoms with van der Waals surface area (Å²) in [7, 11) is 27.5. The monoisotopic (exact) mass is 1430 g/mol. The number of hydrogen-bond acceptors (Lipinski definition) is 20. The van der Waals surface area contributed by atoms with Crippen molar-refractivity contribution in [3.8, 4) is 56.4 Å². The normalized spacial score (nSPS) is 12.7. The molecule has 0 aromatic heterocycles. The SMILES string of the molecule is CCN(CCCC(=O)ON1C(=O)CCC1=O)c1cc(OC)c(-c2c3ccc(=[N+](C)C)cc-3oc3cc(N(C)C)ccc23)cc1N(C)C.CCN(CCCC(=O)[O-])c1cc(OC)c(-c2c3ccc(=[N+](C)C)cc-3oc3cc(N(C)C)ccc23)cc1N(C)C.O=C1CCC(=O)N1OC(=O)C(F)(F)F.[Cl-]. The number of ether oxygens (including phenoxy) is 2. The van der Waals surface area contributed by atoms with Crippen molar-refractivity contribution in [3.63, 3.8) is 0 Å². The predicted molar refractivity (Wildman–Crippen MR) is 381 cm³/mol. The van der Waals surface area contributed by atoms with Gasteiger partial charge < -0.3 is 79.7 Å². The predicted octanol–water partition coefficient (Wildman–Crippen LogP) is 5.48. The molecule has 4 amide bonds. The molecule has 0 saturated carbocycles. The van der Waals surface area contributed by atoms with E-state index in [-0.39, 0.29) is 56.0 Å². The Balaban J connectivity index is 0.000000240. The topological polar surface area (TPSA) is 238 Å². The van der Waals surface area contributed by atoms with Gasteiger partial charge in [0, 0.05) is 213 Å². The van der Waals surface area contributed by atoms with E-state index in [4.69, 9.17) is 23.1 Å². The Morgan fingerprint density at radius 3 is 1.23 bits per heavy atom. The Labute approximate surface area is 596 Å². The number of rotatable bonds is 22. The first-order chi connectivity index (χ1) is 47.8. The molecule has 4 heterocycles. The standard InChI is InChI=1S/C36H44N5O6.C32H40N4O4.C6H4F3NO4.ClH/c1-9-40(18-10-11-35(44)47-41-33(42)16-17-34(41)43)29-22-30(45-8)27(21-28(29)39(6)7)36-25-14-12-23(37(2)3)19-31(25)46-32-20-24(38(4)5)13-15-26(32)36;1-9-36(16-10-11-31(37)38)27-20-28(39-8)25(19-26(27)35(6)7)32-23-14-12-21(33(2)3)17-29(23)40-30-18-22(34(4)5)13-15-24(30)32;7-6(8,9)5(13)14-10-3(11)1-2-4(10)12;/h12-15,19-22H,9-11,16-18H2,1-8H3;12-15,17-20H,9-11,16H2,1-8H3;1-2H2;1H/q+1;;;/p-1. The first-order valence-corrected chi connectivity index (χ1v) is 32.9. The van der Waals surface area contributed by atoms with E-state index >= 15 is 0 Å². The molecule has 102 heavy (non-hydrogen) atoms. The molecule has 10 rings (SSSR count). The molecule has 6 aliphatic rings. The van der Waals surface area contributed by atoms with Gasteiger partial charge in [-0.1, -0.05) is 0 Å². The summed E-state index contributed by atoms with van der Waals surface area (Å²) in [5.41, 5.74) is 13.5. The van der Waals surface area contributed by atoms with E-state index in [0.717, 1.165) is 124 Å². The Bertz CT molecular complexity index is 4510. The number of carboxylic acids is 1. The lowest BCUT2D eigenvalue weighted by Crippen LogP contribution is -3.00. The quantitative estimate of drug-likeness (QED) is 0.0464. The van der Waals surface area contributed by atoms with Crippen LogP contribution in [0, 0.1) is 0 Å². The van der Waals surface area contributed by atoms with Crippen LogP contribution in [-0.4, -0.2) is 183 Å². The van der Waals surface area contributed by atoms with Crippen LogP contribution in [0.2, 0.25) is 0 Å². The van der Waals surface area contributed by atoms with Gasteiger partial charge in [0.1, 0.15) is 62.4 Å². The number of anilines is 6. The van der Waals surface area contributed by atoms with Gasteiger partial charge in [0.25, 0.3) is 23.6 Å². The molecule has 24 nitrogen and oxygen atoms in total. The number of fused-ring (bicyclic) bond motifs is 4. The average Bonchev–Trinajstić information content (AvgIpc) is 0.781. The van der Waals surface area contributed by atoms with Crippen molar-refractivity contribution in [1.82, 2.24) is 19.3 Å². The highest BCUT2D eigenvalue weighted by atomic mass is 35.5. The summed E-state index contributed by atoms with van der Waals surface area (Å²) in [6, 6.07) is 33.5. The number of carbonyl (C=O) groups is 7. The molecule has 2 aliphatic carbocycles. The van der Waals surface area contributed by atoms with Gasteiger partial charge in [-0.05, 0) is 81.6 Å². The zero-order valence-corrected chi connectivity index (χ0v) is 61.2. The van der Waals surface area contributed by atoms with Crippen LogP contribution < -0.4 is 76.3 Å². The number of carboxylic acid groups (broad SMARTS) is 1. The van der Waals surface area contributed by atoms with Crippen LogP contribution >= 0.6 is 0 Å². The molecular formula is C74H88ClF3N10O14. The molecule has 0 bridgehead atoms. The highest BCUT2D eigenvalue weighted by molar-refractivity contribution is 6.07. The van der Waals surface area contributed by atoms with Gasteiger partial charge in [-0.3, -0.25) is 19.2 Å². The Morgan fingerprint density at radius 1 is 0.510 bits per heavy atom. The van der Waals surface area contributed by atoms with Crippen molar-refractivity contribution in [1.29, 1.82) is 0 Å². The van der Waals surface area contributed by atoms with E-state index < -0.39 is 47.7 Å². The van der Waals surface area contributed by atoms with E-state index in [1.165, 1.54) is 0 Å². The summed E-state index contributed by atoms with van der Waals surface area (Å²) in [4.78, 5) is 100. The van der Waals surface area contributed by atoms with Crippen molar-refractivity contribution in [2.24, 2.45) is 0 Å². The summed E-state index contributed by atoms with van der Waals surface area (Å²) in [6.45, 7) is 6.69. The van der Waals surface area contributed by atoms with Crippen molar-refractivity contribution in [3.05, 3.63) is 108 Å². The fourth-order valence-corrected chi connectivity index (χ4v) is 11.8. The second-order valence-corrected chi connectivity index (χ2v) is 25.4. The highest BCUT2D eigenvalue weighted by Crippen LogP contribution is 2.50. The number of hydroxylamine groups is 4. The minimum absolute atomic E-state index is 0. The van der Waals surface area contributed by atoms with Crippen molar-refractivity contribution >= 4 is 97.6 Å². The van der Waals surface area contributed by atoms with Gasteiger partial charge in [-0.2, -0.15) is 13.2 Å². The van der Waals surface area contributed by atoms with Crippen LogP contribution in [0.15, 0.2) is 106 Å². The molecule has 2 fully saturated rings. The number of alkyl halides is 3. The van der Waals surface area contributed by atoms with Gasteiger partial charge in [0.15, 0.2) is 0 Å². The number of nitrogens with zero attached hydrogens (tertiary/aromatic N) is 10. The molecule has 4 aromatic carbocycles. The van der Waals surface area contributed by atoms with E-state index in [1.807, 2.05) is 84.6 Å². The van der Waals surface area contributed by atoms with Crippen molar-refractivity contribution in [2.45, 2.75) is 71.4 Å². The fraction of sp³-hybridized carbons (Fsp3) is 0.392. The van der Waals surface area contributed by atoms with Gasteiger partial charge in [0.05, 0.1) is 49.1 Å². The van der Waals surface area contributed by atoms with Gasteiger partial charge in [0.2, 0.25) is 10.7 Å². The number of benzene rings is 6. The van der Waals surface area contributed by atoms with E-state index in [0.29, 0.717) is 43.3 Å². The first-order valence-electron chi connectivity index (χ1n) is 32.9. The van der Waals surface area contributed by atoms with Crippen LogP contribution in [-0.2, 0) is 43.2 Å². The molecule has 0 atom stereocenters. The van der Waals surface area contributed by atoms with Crippen molar-refractivity contribution < 1.29 is 92.2 Å². The first kappa shape index (κ1) is 78.8. The molecule has 0 unspecified atom stereocenters. The molecule has 4 aromatic rings. The van der Waals surface area contributed by atoms with Crippen LogP contribution in [0.5, 0.6) is 11.5 Å². The molecule has 28 heteroatoms. The lowest BCUT2D eigenvalue weighted by Gasteiger charge is -2.30. The maximum absolute atomic E-state index is 12.5. The second-order valence-electron chi connectivity index (χ2n) is 25.4. The Kier molecular flexibility index (Phi) is 26.0. The number of methoxy groups -OCH3 is 2. The largest absolute Gasteiger partial charge is 1.00 e. The summed E-state index contributed by atoms with van der Waals surface area (Å²) in [5, 5.41) is 15.5. The van der Waals surface area contributed by atoms with E-state index in [1.54, 1.807) is 14.2 Å². The molecular weight excluding hydrogens is 1350 g/mol. The van der Waals surface area contributed by atoms with Crippen LogP contribution in [0.3, 0.4) is 0 Å². The molecule has 4 aliphatic heterocycles. The number of amides is 4. The van der Waals surface area contributed by atoms with E-state index in [2.05, 4.69) is 154 Å². The maximum atomic E-state index is 12.5. The van der Waals surface area contributed by atoms with Gasteiger partial charge >= 0.3 is 18.1 Å². The molecule has 0 N–H and O–H groups in total. The smallest absolute Gasteiger partial charge is 0.493 e.